The molecule has 74 valence electrons. The first-order chi connectivity index (χ1) is 6.40. The minimum atomic E-state index is -3.38. The topological polar surface area (TPSA) is 34.1 Å². The normalized spacial score (nSPS) is 10.5. The minimum Gasteiger partial charge on any atom is -0.216 e. The lowest BCUT2D eigenvalue weighted by Crippen LogP contribution is -1.92. The molecule has 0 saturated heterocycles. The van der Waals surface area contributed by atoms with Crippen molar-refractivity contribution in [2.45, 2.75) is 6.92 Å². The lowest BCUT2D eigenvalue weighted by molar-refractivity contribution is 0.611. The van der Waals surface area contributed by atoms with Gasteiger partial charge in [0, 0.05) is 5.25 Å². The van der Waals surface area contributed by atoms with Gasteiger partial charge in [0.25, 0.3) is 0 Å². The van der Waals surface area contributed by atoms with Crippen molar-refractivity contribution in [2.75, 3.05) is 6.26 Å². The van der Waals surface area contributed by atoms with Gasteiger partial charge in [-0.15, -0.1) is 0 Å². The molecular weight excluding hydrogens is 203 g/mol. The van der Waals surface area contributed by atoms with Crippen LogP contribution in [0.1, 0.15) is 11.1 Å². The van der Waals surface area contributed by atoms with E-state index >= 15 is 0 Å². The zero-order valence-corrected chi connectivity index (χ0v) is 8.65. The van der Waals surface area contributed by atoms with Crippen molar-refractivity contribution in [3.63, 3.8) is 0 Å². The van der Waals surface area contributed by atoms with Gasteiger partial charge in [-0.3, -0.25) is 0 Å². The fraction of sp³-hybridized carbons (Fsp3) is 0.200. The maximum Gasteiger partial charge on any atom is 0.214 e. The Labute approximate surface area is 82.7 Å². The maximum absolute atomic E-state index is 13.1. The van der Waals surface area contributed by atoms with E-state index < -0.39 is 15.7 Å². The number of hydrogen-bond donors (Lipinski definition) is 0. The van der Waals surface area contributed by atoms with Crippen LogP contribution in [-0.4, -0.2) is 14.7 Å². The van der Waals surface area contributed by atoms with E-state index in [1.165, 1.54) is 6.07 Å². The van der Waals surface area contributed by atoms with Crippen LogP contribution in [0.15, 0.2) is 18.2 Å². The number of hydrogen-bond acceptors (Lipinski definition) is 2. The van der Waals surface area contributed by atoms with Crippen LogP contribution in [0.4, 0.5) is 4.39 Å². The Hall–Kier alpha value is -1.34. The zero-order valence-electron chi connectivity index (χ0n) is 7.83. The third kappa shape index (κ3) is 2.86. The molecule has 14 heavy (non-hydrogen) atoms. The molecule has 0 spiro atoms. The second kappa shape index (κ2) is 3.81. The Balaban J connectivity index is 3.26. The predicted molar refractivity (Wildman–Crippen MR) is 52.9 cm³/mol. The number of halogens is 1. The number of aryl methyl sites for hydroxylation is 1. The first-order valence-electron chi connectivity index (χ1n) is 3.88. The molecule has 0 unspecified atom stereocenters. The van der Waals surface area contributed by atoms with E-state index in [9.17, 15) is 12.8 Å². The molecule has 0 amide bonds. The summed E-state index contributed by atoms with van der Waals surface area (Å²) in [6.07, 6.45) is 0.982. The highest BCUT2D eigenvalue weighted by Crippen LogP contribution is 2.10. The first kappa shape index (κ1) is 10.7. The Kier molecular flexibility index (Phi) is 2.92. The largest absolute Gasteiger partial charge is 0.216 e. The molecule has 0 aliphatic carbocycles. The van der Waals surface area contributed by atoms with Crippen LogP contribution < -0.4 is 0 Å². The molecule has 0 aliphatic rings. The lowest BCUT2D eigenvalue weighted by Gasteiger charge is -1.97. The molecule has 1 rings (SSSR count). The van der Waals surface area contributed by atoms with Crippen LogP contribution in [0, 0.1) is 23.9 Å². The fourth-order valence-electron chi connectivity index (χ4n) is 0.934. The third-order valence-electron chi connectivity index (χ3n) is 1.58. The van der Waals surface area contributed by atoms with Gasteiger partial charge in [-0.25, -0.2) is 12.8 Å². The Morgan fingerprint density at radius 3 is 2.50 bits per heavy atom. The molecule has 0 N–H and O–H groups in total. The average molecular weight is 212 g/mol. The summed E-state index contributed by atoms with van der Waals surface area (Å²) in [4.78, 5) is 0. The van der Waals surface area contributed by atoms with Gasteiger partial charge in [0.1, 0.15) is 5.82 Å². The van der Waals surface area contributed by atoms with E-state index in [2.05, 4.69) is 5.92 Å². The highest BCUT2D eigenvalue weighted by molar-refractivity contribution is 7.95. The smallest absolute Gasteiger partial charge is 0.214 e. The van der Waals surface area contributed by atoms with E-state index in [-0.39, 0.29) is 5.56 Å². The monoisotopic (exact) mass is 212 g/mol. The molecule has 0 aromatic heterocycles. The van der Waals surface area contributed by atoms with Crippen LogP contribution in [-0.2, 0) is 9.84 Å². The number of benzene rings is 1. The lowest BCUT2D eigenvalue weighted by atomic mass is 10.1. The van der Waals surface area contributed by atoms with Crippen molar-refractivity contribution in [1.29, 1.82) is 0 Å². The standard InChI is InChI=1S/C10H9FO2S/c1-8-4-3-5-10(11)9(8)6-7-14(2,12)13/h3-5H,1-2H3. The van der Waals surface area contributed by atoms with Crippen molar-refractivity contribution in [3.8, 4) is 11.2 Å². The summed E-state index contributed by atoms with van der Waals surface area (Å²) in [6.45, 7) is 1.68. The van der Waals surface area contributed by atoms with Gasteiger partial charge in [0.15, 0.2) is 0 Å². The molecule has 0 fully saturated rings. The van der Waals surface area contributed by atoms with Crippen LogP contribution >= 0.6 is 0 Å². The van der Waals surface area contributed by atoms with Crippen LogP contribution in [0.2, 0.25) is 0 Å². The molecule has 0 bridgehead atoms. The van der Waals surface area contributed by atoms with Gasteiger partial charge in [-0.1, -0.05) is 12.1 Å². The summed E-state index contributed by atoms with van der Waals surface area (Å²) in [5.74, 6) is 1.81. The van der Waals surface area contributed by atoms with Crippen LogP contribution in [0.5, 0.6) is 0 Å². The molecule has 0 saturated carbocycles. The average Bonchev–Trinajstić information content (AvgIpc) is 2.01. The van der Waals surface area contributed by atoms with Gasteiger partial charge < -0.3 is 0 Å². The second-order valence-electron chi connectivity index (χ2n) is 2.93. The van der Waals surface area contributed by atoms with Gasteiger partial charge >= 0.3 is 0 Å². The van der Waals surface area contributed by atoms with Crippen molar-refractivity contribution in [2.24, 2.45) is 0 Å². The van der Waals surface area contributed by atoms with E-state index in [1.807, 2.05) is 5.25 Å². The van der Waals surface area contributed by atoms with E-state index in [0.717, 1.165) is 6.26 Å². The number of rotatable bonds is 0. The van der Waals surface area contributed by atoms with Gasteiger partial charge in [0.2, 0.25) is 9.84 Å². The van der Waals surface area contributed by atoms with Crippen molar-refractivity contribution in [3.05, 3.63) is 35.1 Å². The van der Waals surface area contributed by atoms with Crippen molar-refractivity contribution >= 4 is 9.84 Å². The molecular formula is C10H9FO2S. The molecule has 2 nitrogen and oxygen atoms in total. The van der Waals surface area contributed by atoms with Crippen molar-refractivity contribution in [1.82, 2.24) is 0 Å². The third-order valence-corrected chi connectivity index (χ3v) is 2.06. The van der Waals surface area contributed by atoms with E-state index in [0.29, 0.717) is 5.56 Å². The van der Waals surface area contributed by atoms with Gasteiger partial charge in [-0.05, 0) is 24.5 Å². The van der Waals surface area contributed by atoms with Crippen molar-refractivity contribution < 1.29 is 12.8 Å². The SMILES string of the molecule is Cc1cccc(F)c1C#CS(C)(=O)=O. The Bertz CT molecular complexity index is 486. The Morgan fingerprint density at radius 1 is 1.36 bits per heavy atom. The van der Waals surface area contributed by atoms with Crippen LogP contribution in [0.3, 0.4) is 0 Å². The number of sulfone groups is 1. The summed E-state index contributed by atoms with van der Waals surface area (Å²) >= 11 is 0. The first-order valence-corrected chi connectivity index (χ1v) is 5.77. The summed E-state index contributed by atoms with van der Waals surface area (Å²) in [5.41, 5.74) is 0.763. The Morgan fingerprint density at radius 2 is 2.00 bits per heavy atom. The highest BCUT2D eigenvalue weighted by atomic mass is 32.2. The fourth-order valence-corrected chi connectivity index (χ4v) is 1.22. The predicted octanol–water partition coefficient (Wildman–Crippen LogP) is 1.49. The quantitative estimate of drug-likeness (QED) is 0.610. The van der Waals surface area contributed by atoms with Gasteiger partial charge in [0.05, 0.1) is 11.8 Å². The summed E-state index contributed by atoms with van der Waals surface area (Å²) in [7, 11) is -3.38. The summed E-state index contributed by atoms with van der Waals surface area (Å²) < 4.78 is 34.6. The molecule has 0 heterocycles. The zero-order chi connectivity index (χ0) is 10.8. The van der Waals surface area contributed by atoms with Crippen LogP contribution in [0.25, 0.3) is 0 Å². The minimum absolute atomic E-state index is 0.137. The highest BCUT2D eigenvalue weighted by Gasteiger charge is 2.02. The van der Waals surface area contributed by atoms with Gasteiger partial charge in [-0.2, -0.15) is 0 Å². The molecule has 1 aromatic rings. The summed E-state index contributed by atoms with van der Waals surface area (Å²) in [5, 5.41) is 2.00. The molecule has 0 atom stereocenters. The molecule has 4 heteroatoms. The maximum atomic E-state index is 13.1. The second-order valence-corrected chi connectivity index (χ2v) is 4.68. The molecule has 0 aliphatic heterocycles. The van der Waals surface area contributed by atoms with E-state index in [4.69, 9.17) is 0 Å². The molecule has 0 radical (unpaired) electrons. The summed E-state index contributed by atoms with van der Waals surface area (Å²) in [6, 6.07) is 4.48. The molecule has 1 aromatic carbocycles. The van der Waals surface area contributed by atoms with E-state index in [1.54, 1.807) is 19.1 Å².